The van der Waals surface area contributed by atoms with E-state index in [1.807, 2.05) is 0 Å². The summed E-state index contributed by atoms with van der Waals surface area (Å²) in [5.74, 6) is 0.606. The summed E-state index contributed by atoms with van der Waals surface area (Å²) in [6.07, 6.45) is 0.844. The van der Waals surface area contributed by atoms with Crippen LogP contribution < -0.4 is 4.74 Å². The quantitative estimate of drug-likeness (QED) is 0.512. The Labute approximate surface area is 130 Å². The Balaban J connectivity index is 2.51. The van der Waals surface area contributed by atoms with Crippen molar-refractivity contribution in [3.05, 3.63) is 23.3 Å². The Morgan fingerprint density at radius 1 is 1.05 bits per heavy atom. The van der Waals surface area contributed by atoms with Crippen molar-refractivity contribution in [1.29, 1.82) is 0 Å². The molecule has 1 rings (SSSR count). The molecule has 0 aliphatic heterocycles. The van der Waals surface area contributed by atoms with E-state index in [0.717, 1.165) is 6.42 Å². The van der Waals surface area contributed by atoms with Crippen LogP contribution in [0.15, 0.2) is 17.0 Å². The van der Waals surface area contributed by atoms with E-state index in [0.29, 0.717) is 43.3 Å². The normalized spacial score (nSPS) is 11.6. The molecule has 0 atom stereocenters. The number of rotatable bonds is 9. The zero-order valence-electron chi connectivity index (χ0n) is 12.5. The molecule has 1 aromatic carbocycles. The molecule has 0 unspecified atom stereocenters. The summed E-state index contributed by atoms with van der Waals surface area (Å²) in [6.45, 7) is 5.55. The fraction of sp³-hybridized carbons (Fsp3) is 0.571. The van der Waals surface area contributed by atoms with E-state index in [-0.39, 0.29) is 4.90 Å². The fourth-order valence-electron chi connectivity index (χ4n) is 2.00. The molecule has 7 heteroatoms. The van der Waals surface area contributed by atoms with E-state index in [9.17, 15) is 8.42 Å². The van der Waals surface area contributed by atoms with Crippen molar-refractivity contribution in [2.75, 3.05) is 33.5 Å². The number of hydrogen-bond donors (Lipinski definition) is 0. The molecule has 1 aromatic rings. The first-order chi connectivity index (χ1) is 9.86. The number of ether oxygens (including phenoxy) is 3. The molecule has 5 nitrogen and oxygen atoms in total. The Bertz CT molecular complexity index is 533. The van der Waals surface area contributed by atoms with E-state index in [1.54, 1.807) is 33.1 Å². The lowest BCUT2D eigenvalue weighted by atomic mass is 10.1. The molecule has 0 fully saturated rings. The number of benzene rings is 1. The predicted molar refractivity (Wildman–Crippen MR) is 81.8 cm³/mol. The molecule has 0 radical (unpaired) electrons. The standard InChI is InChI=1S/C14H21ClO5S/c1-11-9-13(10-12(2)14(11)21(15,16)17)20-8-7-19-6-4-5-18-3/h9-10H,4-8H2,1-3H3. The molecule has 21 heavy (non-hydrogen) atoms. The van der Waals surface area contributed by atoms with Crippen LogP contribution in [0.4, 0.5) is 0 Å². The van der Waals surface area contributed by atoms with Gasteiger partial charge in [-0.3, -0.25) is 0 Å². The molecule has 0 aliphatic carbocycles. The highest BCUT2D eigenvalue weighted by Gasteiger charge is 2.17. The molecule has 0 N–H and O–H groups in total. The van der Waals surface area contributed by atoms with Gasteiger partial charge in [0.15, 0.2) is 0 Å². The van der Waals surface area contributed by atoms with Crippen molar-refractivity contribution < 1.29 is 22.6 Å². The number of aryl methyl sites for hydroxylation is 2. The van der Waals surface area contributed by atoms with E-state index < -0.39 is 9.05 Å². The van der Waals surface area contributed by atoms with Crippen LogP contribution in [0.1, 0.15) is 17.5 Å². The Morgan fingerprint density at radius 2 is 1.67 bits per heavy atom. The van der Waals surface area contributed by atoms with Gasteiger partial charge < -0.3 is 14.2 Å². The second kappa shape index (κ2) is 8.58. The SMILES string of the molecule is COCCCOCCOc1cc(C)c(S(=O)(=O)Cl)c(C)c1. The molecule has 0 aliphatic rings. The van der Waals surface area contributed by atoms with Gasteiger partial charge in [0.2, 0.25) is 0 Å². The molecule has 0 saturated heterocycles. The average molecular weight is 337 g/mol. The summed E-state index contributed by atoms with van der Waals surface area (Å²) in [4.78, 5) is 0.146. The van der Waals surface area contributed by atoms with Crippen LogP contribution in [0, 0.1) is 13.8 Å². The van der Waals surface area contributed by atoms with Gasteiger partial charge in [0.05, 0.1) is 11.5 Å². The van der Waals surface area contributed by atoms with Crippen LogP contribution in [-0.4, -0.2) is 42.0 Å². The van der Waals surface area contributed by atoms with Crippen molar-refractivity contribution in [3.8, 4) is 5.75 Å². The van der Waals surface area contributed by atoms with Crippen LogP contribution in [0.5, 0.6) is 5.75 Å². The van der Waals surface area contributed by atoms with Gasteiger partial charge in [-0.05, 0) is 43.5 Å². The number of halogens is 1. The first kappa shape index (κ1) is 18.2. The topological polar surface area (TPSA) is 61.8 Å². The maximum atomic E-state index is 11.5. The molecule has 0 spiro atoms. The minimum Gasteiger partial charge on any atom is -0.491 e. The third kappa shape index (κ3) is 6.22. The number of methoxy groups -OCH3 is 1. The van der Waals surface area contributed by atoms with Gasteiger partial charge in [-0.15, -0.1) is 0 Å². The lowest BCUT2D eigenvalue weighted by molar-refractivity contribution is 0.0806. The second-order valence-corrected chi connectivity index (χ2v) is 7.13. The maximum absolute atomic E-state index is 11.5. The van der Waals surface area contributed by atoms with E-state index in [4.69, 9.17) is 24.9 Å². The fourth-order valence-corrected chi connectivity index (χ4v) is 3.62. The Morgan fingerprint density at radius 3 is 2.19 bits per heavy atom. The van der Waals surface area contributed by atoms with Gasteiger partial charge in [0.25, 0.3) is 9.05 Å². The van der Waals surface area contributed by atoms with Gasteiger partial charge in [-0.25, -0.2) is 8.42 Å². The predicted octanol–water partition coefficient (Wildman–Crippen LogP) is 2.66. The van der Waals surface area contributed by atoms with Crippen LogP contribution in [0.2, 0.25) is 0 Å². The largest absolute Gasteiger partial charge is 0.491 e. The van der Waals surface area contributed by atoms with Crippen molar-refractivity contribution in [1.82, 2.24) is 0 Å². The molecule has 0 heterocycles. The van der Waals surface area contributed by atoms with E-state index >= 15 is 0 Å². The summed E-state index contributed by atoms with van der Waals surface area (Å²) in [7, 11) is 3.32. The lowest BCUT2D eigenvalue weighted by Gasteiger charge is -2.11. The van der Waals surface area contributed by atoms with Crippen LogP contribution in [0.25, 0.3) is 0 Å². The summed E-state index contributed by atoms with van der Waals surface area (Å²) in [5.41, 5.74) is 1.14. The lowest BCUT2D eigenvalue weighted by Crippen LogP contribution is -2.09. The summed E-state index contributed by atoms with van der Waals surface area (Å²) in [5, 5.41) is 0. The van der Waals surface area contributed by atoms with Crippen molar-refractivity contribution >= 4 is 19.7 Å². The highest BCUT2D eigenvalue weighted by molar-refractivity contribution is 8.13. The van der Waals surface area contributed by atoms with E-state index in [1.165, 1.54) is 0 Å². The molecule has 0 saturated carbocycles. The molecule has 0 aromatic heterocycles. The zero-order valence-corrected chi connectivity index (χ0v) is 14.1. The van der Waals surface area contributed by atoms with Crippen molar-refractivity contribution in [2.45, 2.75) is 25.2 Å². The van der Waals surface area contributed by atoms with Gasteiger partial charge in [0, 0.05) is 31.0 Å². The summed E-state index contributed by atoms with van der Waals surface area (Å²) >= 11 is 0. The molecule has 120 valence electrons. The first-order valence-corrected chi connectivity index (χ1v) is 8.92. The zero-order chi connectivity index (χ0) is 15.9. The molecular weight excluding hydrogens is 316 g/mol. The molecule has 0 amide bonds. The van der Waals surface area contributed by atoms with Crippen LogP contribution in [-0.2, 0) is 18.5 Å². The summed E-state index contributed by atoms with van der Waals surface area (Å²) in [6, 6.07) is 3.32. The minimum atomic E-state index is -3.74. The number of hydrogen-bond acceptors (Lipinski definition) is 5. The van der Waals surface area contributed by atoms with Crippen LogP contribution in [0.3, 0.4) is 0 Å². The average Bonchev–Trinajstić information content (AvgIpc) is 2.35. The second-order valence-electron chi connectivity index (χ2n) is 4.63. The minimum absolute atomic E-state index is 0.146. The van der Waals surface area contributed by atoms with Gasteiger partial charge in [-0.2, -0.15) is 0 Å². The van der Waals surface area contributed by atoms with Crippen molar-refractivity contribution in [2.24, 2.45) is 0 Å². The van der Waals surface area contributed by atoms with Gasteiger partial charge >= 0.3 is 0 Å². The Kier molecular flexibility index (Phi) is 7.45. The van der Waals surface area contributed by atoms with Gasteiger partial charge in [0.1, 0.15) is 12.4 Å². The van der Waals surface area contributed by atoms with E-state index in [2.05, 4.69) is 0 Å². The van der Waals surface area contributed by atoms with Crippen LogP contribution >= 0.6 is 10.7 Å². The third-order valence-electron chi connectivity index (χ3n) is 2.81. The summed E-state index contributed by atoms with van der Waals surface area (Å²) < 4.78 is 38.8. The third-order valence-corrected chi connectivity index (χ3v) is 4.41. The monoisotopic (exact) mass is 336 g/mol. The highest BCUT2D eigenvalue weighted by atomic mass is 35.7. The van der Waals surface area contributed by atoms with Crippen molar-refractivity contribution in [3.63, 3.8) is 0 Å². The smallest absolute Gasteiger partial charge is 0.261 e. The van der Waals surface area contributed by atoms with Gasteiger partial charge in [-0.1, -0.05) is 0 Å². The maximum Gasteiger partial charge on any atom is 0.261 e. The Hall–Kier alpha value is -0.820. The highest BCUT2D eigenvalue weighted by Crippen LogP contribution is 2.28. The molecule has 0 bridgehead atoms. The molecular formula is C14H21ClO5S. The first-order valence-electron chi connectivity index (χ1n) is 6.61.